The van der Waals surface area contributed by atoms with Gasteiger partial charge in [-0.25, -0.2) is 0 Å². The Hall–Kier alpha value is 0.230. The van der Waals surface area contributed by atoms with Gasteiger partial charge < -0.3 is 15.3 Å². The van der Waals surface area contributed by atoms with Crippen molar-refractivity contribution in [1.82, 2.24) is 10.2 Å². The zero-order valence-corrected chi connectivity index (χ0v) is 12.6. The standard InChI is InChI=1S/C13H28N2OS/c1-9-7-15(4)10(2)6-12(9)14-11(3)13(8-16)17-5/h9-14,16H,6-8H2,1-5H3. The molecule has 0 aromatic carbocycles. The third-order valence-electron chi connectivity index (χ3n) is 4.13. The maximum absolute atomic E-state index is 9.32. The molecule has 0 saturated carbocycles. The third-order valence-corrected chi connectivity index (χ3v) is 5.29. The molecule has 1 aliphatic heterocycles. The van der Waals surface area contributed by atoms with Gasteiger partial charge in [-0.2, -0.15) is 11.8 Å². The van der Waals surface area contributed by atoms with E-state index in [1.807, 2.05) is 0 Å². The first-order valence-electron chi connectivity index (χ1n) is 6.59. The highest BCUT2D eigenvalue weighted by molar-refractivity contribution is 7.99. The van der Waals surface area contributed by atoms with Gasteiger partial charge in [-0.1, -0.05) is 6.92 Å². The van der Waals surface area contributed by atoms with Crippen LogP contribution in [0.1, 0.15) is 27.2 Å². The van der Waals surface area contributed by atoms with Gasteiger partial charge in [0, 0.05) is 29.9 Å². The Morgan fingerprint density at radius 3 is 2.65 bits per heavy atom. The highest BCUT2D eigenvalue weighted by Gasteiger charge is 2.30. The summed E-state index contributed by atoms with van der Waals surface area (Å²) in [5.41, 5.74) is 0. The van der Waals surface area contributed by atoms with Gasteiger partial charge in [0.25, 0.3) is 0 Å². The van der Waals surface area contributed by atoms with E-state index in [9.17, 15) is 5.11 Å². The van der Waals surface area contributed by atoms with E-state index in [4.69, 9.17) is 0 Å². The lowest BCUT2D eigenvalue weighted by molar-refractivity contribution is 0.114. The normalized spacial score (nSPS) is 34.6. The van der Waals surface area contributed by atoms with E-state index in [1.54, 1.807) is 11.8 Å². The van der Waals surface area contributed by atoms with E-state index < -0.39 is 0 Å². The number of rotatable bonds is 5. The summed E-state index contributed by atoms with van der Waals surface area (Å²) in [4.78, 5) is 2.44. The first-order chi connectivity index (χ1) is 7.99. The van der Waals surface area contributed by atoms with Gasteiger partial charge in [0.15, 0.2) is 0 Å². The Labute approximate surface area is 110 Å². The molecule has 0 bridgehead atoms. The topological polar surface area (TPSA) is 35.5 Å². The van der Waals surface area contributed by atoms with Crippen molar-refractivity contribution in [1.29, 1.82) is 0 Å². The molecule has 1 heterocycles. The fourth-order valence-electron chi connectivity index (χ4n) is 2.66. The molecule has 0 spiro atoms. The summed E-state index contributed by atoms with van der Waals surface area (Å²) in [6, 6.07) is 1.60. The van der Waals surface area contributed by atoms with Gasteiger partial charge in [0.05, 0.1) is 6.61 Å². The predicted octanol–water partition coefficient (Wildman–Crippen LogP) is 1.42. The Morgan fingerprint density at radius 1 is 1.47 bits per heavy atom. The van der Waals surface area contributed by atoms with Crippen LogP contribution in [0.5, 0.6) is 0 Å². The zero-order chi connectivity index (χ0) is 13.0. The van der Waals surface area contributed by atoms with Crippen LogP contribution in [0.2, 0.25) is 0 Å². The van der Waals surface area contributed by atoms with E-state index in [-0.39, 0.29) is 6.61 Å². The molecule has 1 saturated heterocycles. The SMILES string of the molecule is CSC(CO)C(C)NC1CC(C)N(C)CC1C. The molecule has 17 heavy (non-hydrogen) atoms. The Bertz CT molecular complexity index is 223. The smallest absolute Gasteiger partial charge is 0.0564 e. The van der Waals surface area contributed by atoms with Crippen LogP contribution in [0.3, 0.4) is 0 Å². The average molecular weight is 260 g/mol. The second kappa shape index (κ2) is 6.98. The maximum Gasteiger partial charge on any atom is 0.0564 e. The molecule has 0 aromatic heterocycles. The third kappa shape index (κ3) is 4.12. The molecule has 5 atom stereocenters. The monoisotopic (exact) mass is 260 g/mol. The van der Waals surface area contributed by atoms with Crippen LogP contribution in [0.4, 0.5) is 0 Å². The lowest BCUT2D eigenvalue weighted by Gasteiger charge is -2.42. The largest absolute Gasteiger partial charge is 0.395 e. The summed E-state index contributed by atoms with van der Waals surface area (Å²) in [6.45, 7) is 8.22. The second-order valence-corrected chi connectivity index (χ2v) is 6.60. The molecule has 0 aromatic rings. The van der Waals surface area contributed by atoms with Crippen LogP contribution in [0.15, 0.2) is 0 Å². The summed E-state index contributed by atoms with van der Waals surface area (Å²) >= 11 is 1.75. The molecule has 2 N–H and O–H groups in total. The van der Waals surface area contributed by atoms with Crippen molar-refractivity contribution in [3.8, 4) is 0 Å². The summed E-state index contributed by atoms with van der Waals surface area (Å²) in [5.74, 6) is 0.680. The van der Waals surface area contributed by atoms with Crippen molar-refractivity contribution in [3.63, 3.8) is 0 Å². The minimum atomic E-state index is 0.256. The van der Waals surface area contributed by atoms with Gasteiger partial charge >= 0.3 is 0 Å². The minimum Gasteiger partial charge on any atom is -0.395 e. The maximum atomic E-state index is 9.32. The number of nitrogens with one attached hydrogen (secondary N) is 1. The highest BCUT2D eigenvalue weighted by Crippen LogP contribution is 2.22. The van der Waals surface area contributed by atoms with Crippen LogP contribution in [0, 0.1) is 5.92 Å². The molecule has 3 nitrogen and oxygen atoms in total. The van der Waals surface area contributed by atoms with Crippen molar-refractivity contribution >= 4 is 11.8 Å². The molecule has 1 fully saturated rings. The predicted molar refractivity (Wildman–Crippen MR) is 76.6 cm³/mol. The summed E-state index contributed by atoms with van der Waals surface area (Å²) in [6.07, 6.45) is 3.27. The first-order valence-corrected chi connectivity index (χ1v) is 7.88. The number of aliphatic hydroxyl groups excluding tert-OH is 1. The van der Waals surface area contributed by atoms with Crippen LogP contribution >= 0.6 is 11.8 Å². The Kier molecular flexibility index (Phi) is 6.27. The Balaban J connectivity index is 2.50. The minimum absolute atomic E-state index is 0.256. The van der Waals surface area contributed by atoms with Gasteiger partial charge in [-0.3, -0.25) is 0 Å². The number of hydrogen-bond donors (Lipinski definition) is 2. The van der Waals surface area contributed by atoms with Gasteiger partial charge in [-0.05, 0) is 39.5 Å². The molecule has 0 aliphatic carbocycles. The van der Waals surface area contributed by atoms with Crippen molar-refractivity contribution < 1.29 is 5.11 Å². The van der Waals surface area contributed by atoms with Crippen LogP contribution in [-0.2, 0) is 0 Å². The molecular weight excluding hydrogens is 232 g/mol. The van der Waals surface area contributed by atoms with Crippen LogP contribution < -0.4 is 5.32 Å². The zero-order valence-electron chi connectivity index (χ0n) is 11.8. The van der Waals surface area contributed by atoms with Crippen LogP contribution in [-0.4, -0.2) is 59.8 Å². The fraction of sp³-hybridized carbons (Fsp3) is 1.00. The lowest BCUT2D eigenvalue weighted by atomic mass is 9.89. The van der Waals surface area contributed by atoms with E-state index in [0.29, 0.717) is 29.3 Å². The highest BCUT2D eigenvalue weighted by atomic mass is 32.2. The van der Waals surface area contributed by atoms with E-state index in [1.165, 1.54) is 6.42 Å². The second-order valence-electron chi connectivity index (χ2n) is 5.52. The van der Waals surface area contributed by atoms with Crippen molar-refractivity contribution in [2.45, 2.75) is 50.6 Å². The molecule has 0 amide bonds. The van der Waals surface area contributed by atoms with Gasteiger partial charge in [-0.15, -0.1) is 0 Å². The quantitative estimate of drug-likeness (QED) is 0.784. The summed E-state index contributed by atoms with van der Waals surface area (Å²) in [7, 11) is 2.21. The van der Waals surface area contributed by atoms with Gasteiger partial charge in [0.1, 0.15) is 0 Å². The number of likely N-dealkylation sites (tertiary alicyclic amines) is 1. The summed E-state index contributed by atoms with van der Waals surface area (Å²) < 4.78 is 0. The van der Waals surface area contributed by atoms with E-state index in [2.05, 4.69) is 44.3 Å². The molecule has 0 radical (unpaired) electrons. The van der Waals surface area contributed by atoms with Crippen molar-refractivity contribution in [2.75, 3.05) is 26.5 Å². The molecular formula is C13H28N2OS. The van der Waals surface area contributed by atoms with Crippen LogP contribution in [0.25, 0.3) is 0 Å². The average Bonchev–Trinajstić information content (AvgIpc) is 2.27. The molecule has 1 rings (SSSR count). The van der Waals surface area contributed by atoms with Crippen molar-refractivity contribution in [3.05, 3.63) is 0 Å². The van der Waals surface area contributed by atoms with E-state index in [0.717, 1.165) is 6.54 Å². The fourth-order valence-corrected chi connectivity index (χ4v) is 3.29. The van der Waals surface area contributed by atoms with Crippen molar-refractivity contribution in [2.24, 2.45) is 5.92 Å². The van der Waals surface area contributed by atoms with Gasteiger partial charge in [0.2, 0.25) is 0 Å². The number of nitrogens with zero attached hydrogens (tertiary/aromatic N) is 1. The first kappa shape index (κ1) is 15.3. The number of piperidine rings is 1. The lowest BCUT2D eigenvalue weighted by Crippen LogP contribution is -2.54. The van der Waals surface area contributed by atoms with E-state index >= 15 is 0 Å². The number of hydrogen-bond acceptors (Lipinski definition) is 4. The Morgan fingerprint density at radius 2 is 2.12 bits per heavy atom. The molecule has 4 heteroatoms. The number of thioether (sulfide) groups is 1. The summed E-state index contributed by atoms with van der Waals surface area (Å²) in [5, 5.41) is 13.3. The molecule has 5 unspecified atom stereocenters. The molecule has 1 aliphatic rings. The number of aliphatic hydroxyl groups is 1. The molecule has 102 valence electrons.